The third-order valence-electron chi connectivity index (χ3n) is 1.57. The van der Waals surface area contributed by atoms with Crippen LogP contribution >= 0.6 is 0 Å². The standard InChI is InChI=1S/C7H13O3.W/c1-5-3-6(8)7(10-5)4-9-2;/h5-6,8H,3-4H2,1-2H3;/q-1;+2. The number of ether oxygens (including phenoxy) is 2. The summed E-state index contributed by atoms with van der Waals surface area (Å²) in [5, 5.41) is 9.25. The third-order valence-corrected chi connectivity index (χ3v) is 1.57. The average molecular weight is 329 g/mol. The first-order valence-electron chi connectivity index (χ1n) is 3.43. The van der Waals surface area contributed by atoms with Crippen molar-refractivity contribution < 1.29 is 35.6 Å². The van der Waals surface area contributed by atoms with Gasteiger partial charge < -0.3 is 14.6 Å². The van der Waals surface area contributed by atoms with E-state index < -0.39 is 6.10 Å². The zero-order chi connectivity index (χ0) is 7.56. The molecule has 1 N–H and O–H groups in total. The van der Waals surface area contributed by atoms with Crippen molar-refractivity contribution in [2.45, 2.75) is 25.6 Å². The Hall–Kier alpha value is 0.568. The molecule has 1 fully saturated rings. The molecular weight excluding hydrogens is 316 g/mol. The molecule has 4 heteroatoms. The van der Waals surface area contributed by atoms with Crippen LogP contribution in [0.25, 0.3) is 0 Å². The van der Waals surface area contributed by atoms with Crippen LogP contribution in [0.1, 0.15) is 13.3 Å². The minimum absolute atomic E-state index is 0. The van der Waals surface area contributed by atoms with Crippen LogP contribution in [0, 0.1) is 6.10 Å². The Morgan fingerprint density at radius 1 is 1.73 bits per heavy atom. The Labute approximate surface area is 81.3 Å². The molecule has 0 bridgehead atoms. The summed E-state index contributed by atoms with van der Waals surface area (Å²) in [7, 11) is 1.59. The second-order valence-electron chi connectivity index (χ2n) is 2.58. The average Bonchev–Trinajstić information content (AvgIpc) is 2.13. The number of rotatable bonds is 2. The molecule has 2 atom stereocenters. The summed E-state index contributed by atoms with van der Waals surface area (Å²) in [4.78, 5) is 0. The van der Waals surface area contributed by atoms with Crippen LogP contribution in [-0.2, 0) is 30.5 Å². The monoisotopic (exact) mass is 329 g/mol. The second-order valence-corrected chi connectivity index (χ2v) is 2.58. The fraction of sp³-hybridized carbons (Fsp3) is 0.857. The van der Waals surface area contributed by atoms with Gasteiger partial charge in [0.2, 0.25) is 0 Å². The summed E-state index contributed by atoms with van der Waals surface area (Å²) in [5.41, 5.74) is 0. The second kappa shape index (κ2) is 5.26. The molecule has 1 aliphatic heterocycles. The van der Waals surface area contributed by atoms with Crippen LogP contribution in [-0.4, -0.2) is 31.0 Å². The van der Waals surface area contributed by atoms with Gasteiger partial charge in [-0.05, 0) is 26.1 Å². The van der Waals surface area contributed by atoms with E-state index in [2.05, 4.69) is 0 Å². The number of hydrogen-bond donors (Lipinski definition) is 1. The van der Waals surface area contributed by atoms with E-state index in [1.54, 1.807) is 7.11 Å². The van der Waals surface area contributed by atoms with E-state index in [0.29, 0.717) is 19.1 Å². The van der Waals surface area contributed by atoms with Crippen LogP contribution in [0.5, 0.6) is 0 Å². The summed E-state index contributed by atoms with van der Waals surface area (Å²) in [5.74, 6) is 0. The van der Waals surface area contributed by atoms with Gasteiger partial charge in [0, 0.05) is 13.2 Å². The Bertz CT molecular complexity index is 110. The van der Waals surface area contributed by atoms with Crippen LogP contribution in [0.4, 0.5) is 0 Å². The number of hydrogen-bond acceptors (Lipinski definition) is 3. The van der Waals surface area contributed by atoms with Gasteiger partial charge in [-0.25, -0.2) is 0 Å². The van der Waals surface area contributed by atoms with Crippen molar-refractivity contribution >= 4 is 0 Å². The molecular formula is C7H13O3W+. The molecule has 1 heterocycles. The van der Waals surface area contributed by atoms with Gasteiger partial charge in [-0.1, -0.05) is 0 Å². The van der Waals surface area contributed by atoms with E-state index >= 15 is 0 Å². The van der Waals surface area contributed by atoms with Gasteiger partial charge in [-0.3, -0.25) is 0 Å². The molecule has 0 aromatic carbocycles. The van der Waals surface area contributed by atoms with Crippen LogP contribution in [0.2, 0.25) is 0 Å². The molecule has 3 nitrogen and oxygen atoms in total. The summed E-state index contributed by atoms with van der Waals surface area (Å²) in [6.07, 6.45) is 1.07. The molecule has 0 aromatic rings. The van der Waals surface area contributed by atoms with E-state index in [1.165, 1.54) is 0 Å². The molecule has 0 spiro atoms. The Morgan fingerprint density at radius 2 is 2.36 bits per heavy atom. The van der Waals surface area contributed by atoms with Crippen LogP contribution in [0.15, 0.2) is 0 Å². The fourth-order valence-electron chi connectivity index (χ4n) is 1.10. The quantitative estimate of drug-likeness (QED) is 0.743. The minimum atomic E-state index is -0.421. The molecule has 0 saturated carbocycles. The maximum Gasteiger partial charge on any atom is 2.00 e. The summed E-state index contributed by atoms with van der Waals surface area (Å²) >= 11 is 0. The first-order valence-corrected chi connectivity index (χ1v) is 3.43. The number of aliphatic hydroxyl groups excluding tert-OH is 1. The van der Waals surface area contributed by atoms with Gasteiger partial charge in [0.25, 0.3) is 0 Å². The first kappa shape index (κ1) is 11.6. The Balaban J connectivity index is 0.000001000. The number of methoxy groups -OCH3 is 1. The molecule has 1 aliphatic rings. The van der Waals surface area contributed by atoms with Gasteiger partial charge in [0.1, 0.15) is 0 Å². The smallest absolute Gasteiger partial charge is 0.542 e. The Kier molecular flexibility index (Phi) is 5.53. The molecule has 1 rings (SSSR count). The molecule has 2 unspecified atom stereocenters. The van der Waals surface area contributed by atoms with Gasteiger partial charge in [-0.2, -0.15) is 0 Å². The number of aliphatic hydroxyl groups is 1. The first-order chi connectivity index (χ1) is 4.74. The van der Waals surface area contributed by atoms with Gasteiger partial charge in [-0.15, -0.1) is 6.10 Å². The summed E-state index contributed by atoms with van der Waals surface area (Å²) in [6, 6.07) is 0. The fourth-order valence-corrected chi connectivity index (χ4v) is 1.10. The van der Waals surface area contributed by atoms with Crippen molar-refractivity contribution in [2.24, 2.45) is 0 Å². The van der Waals surface area contributed by atoms with Crippen molar-refractivity contribution in [1.29, 1.82) is 0 Å². The maximum atomic E-state index is 9.25. The largest absolute Gasteiger partial charge is 2.00 e. The van der Waals surface area contributed by atoms with Gasteiger partial charge >= 0.3 is 21.1 Å². The molecule has 0 radical (unpaired) electrons. The maximum absolute atomic E-state index is 9.25. The predicted octanol–water partition coefficient (Wildman–Crippen LogP) is 0.332. The van der Waals surface area contributed by atoms with Crippen molar-refractivity contribution in [2.75, 3.05) is 13.7 Å². The van der Waals surface area contributed by atoms with E-state index in [-0.39, 0.29) is 27.2 Å². The van der Waals surface area contributed by atoms with Gasteiger partial charge in [0.15, 0.2) is 0 Å². The normalized spacial score (nSPS) is 31.9. The molecule has 0 amide bonds. The Morgan fingerprint density at radius 3 is 2.73 bits per heavy atom. The van der Waals surface area contributed by atoms with Crippen molar-refractivity contribution in [3.63, 3.8) is 0 Å². The minimum Gasteiger partial charge on any atom is -0.542 e. The molecule has 0 aliphatic carbocycles. The molecule has 64 valence electrons. The van der Waals surface area contributed by atoms with Crippen LogP contribution < -0.4 is 0 Å². The predicted molar refractivity (Wildman–Crippen MR) is 36.3 cm³/mol. The molecule has 1 saturated heterocycles. The van der Waals surface area contributed by atoms with E-state index in [1.807, 2.05) is 6.92 Å². The van der Waals surface area contributed by atoms with E-state index in [0.717, 1.165) is 0 Å². The van der Waals surface area contributed by atoms with Crippen molar-refractivity contribution in [3.05, 3.63) is 6.10 Å². The zero-order valence-corrected chi connectivity index (χ0v) is 9.67. The van der Waals surface area contributed by atoms with Crippen molar-refractivity contribution in [1.82, 2.24) is 0 Å². The van der Waals surface area contributed by atoms with Crippen molar-refractivity contribution in [3.8, 4) is 0 Å². The third kappa shape index (κ3) is 3.20. The van der Waals surface area contributed by atoms with Gasteiger partial charge in [0.05, 0.1) is 0 Å². The topological polar surface area (TPSA) is 38.7 Å². The molecule has 11 heavy (non-hydrogen) atoms. The molecule has 0 aromatic heterocycles. The van der Waals surface area contributed by atoms with Crippen LogP contribution in [0.3, 0.4) is 0 Å². The summed E-state index contributed by atoms with van der Waals surface area (Å²) < 4.78 is 10.1. The van der Waals surface area contributed by atoms with E-state index in [4.69, 9.17) is 9.47 Å². The zero-order valence-electron chi connectivity index (χ0n) is 6.74. The summed E-state index contributed by atoms with van der Waals surface area (Å²) in [6.45, 7) is 2.34. The van der Waals surface area contributed by atoms with E-state index in [9.17, 15) is 5.11 Å². The SMILES string of the molecule is COC[C-]1OC(C)CC1O.[W+2].